The smallest absolute Gasteiger partial charge is 0.128 e. The van der Waals surface area contributed by atoms with Crippen molar-refractivity contribution in [2.45, 2.75) is 24.9 Å². The number of nitrogen functional groups attached to an aromatic ring is 1. The lowest BCUT2D eigenvalue weighted by atomic mass is 9.85. The zero-order valence-corrected chi connectivity index (χ0v) is 13.7. The summed E-state index contributed by atoms with van der Waals surface area (Å²) in [6.45, 7) is 2.66. The average Bonchev–Trinajstić information content (AvgIpc) is 2.62. The Balaban J connectivity index is 1.64. The summed E-state index contributed by atoms with van der Waals surface area (Å²) in [5.41, 5.74) is 9.98. The van der Waals surface area contributed by atoms with Gasteiger partial charge in [-0.15, -0.1) is 0 Å². The molecule has 1 fully saturated rings. The van der Waals surface area contributed by atoms with E-state index in [1.54, 1.807) is 0 Å². The van der Waals surface area contributed by atoms with E-state index >= 15 is 0 Å². The van der Waals surface area contributed by atoms with Gasteiger partial charge in [0, 0.05) is 12.2 Å². The molecule has 2 heterocycles. The van der Waals surface area contributed by atoms with Crippen LogP contribution in [0.5, 0.6) is 0 Å². The minimum absolute atomic E-state index is 0.122. The van der Waals surface area contributed by atoms with Crippen molar-refractivity contribution in [1.82, 2.24) is 10.6 Å². The third-order valence-corrected chi connectivity index (χ3v) is 4.92. The normalized spacial score (nSPS) is 18.4. The highest BCUT2D eigenvalue weighted by Crippen LogP contribution is 2.36. The van der Waals surface area contributed by atoms with Gasteiger partial charge in [0.1, 0.15) is 5.84 Å². The zero-order valence-electron chi connectivity index (χ0n) is 13.7. The highest BCUT2D eigenvalue weighted by molar-refractivity contribution is 6.00. The lowest BCUT2D eigenvalue weighted by Gasteiger charge is -2.43. The lowest BCUT2D eigenvalue weighted by molar-refractivity contribution is 0.412. The van der Waals surface area contributed by atoms with Crippen molar-refractivity contribution in [3.63, 3.8) is 0 Å². The molecule has 0 radical (unpaired) electrons. The molecule has 0 bridgehead atoms. The van der Waals surface area contributed by atoms with Crippen LogP contribution in [-0.2, 0) is 6.54 Å². The van der Waals surface area contributed by atoms with E-state index in [9.17, 15) is 0 Å². The number of nitrogens with one attached hydrogen (secondary N) is 3. The average molecular weight is 321 g/mol. The van der Waals surface area contributed by atoms with Gasteiger partial charge in [-0.25, -0.2) is 4.99 Å². The molecule has 2 aromatic carbocycles. The van der Waals surface area contributed by atoms with Crippen molar-refractivity contribution >= 4 is 22.9 Å². The lowest BCUT2D eigenvalue weighted by Crippen LogP contribution is -2.58. The maximum absolute atomic E-state index is 6.08. The molecule has 0 aliphatic carbocycles. The van der Waals surface area contributed by atoms with E-state index in [0.717, 1.165) is 54.4 Å². The molecule has 0 aromatic heterocycles. The Labute approximate surface area is 142 Å². The Morgan fingerprint density at radius 3 is 2.62 bits per heavy atom. The van der Waals surface area contributed by atoms with Gasteiger partial charge >= 0.3 is 0 Å². The highest BCUT2D eigenvalue weighted by atomic mass is 15.2. The number of aliphatic imine (C=N–C) groups is 1. The molecule has 0 saturated carbocycles. The summed E-state index contributed by atoms with van der Waals surface area (Å²) in [6, 6.07) is 16.2. The van der Waals surface area contributed by atoms with Crippen LogP contribution >= 0.6 is 0 Å². The van der Waals surface area contributed by atoms with Crippen molar-refractivity contribution in [3.8, 4) is 0 Å². The van der Waals surface area contributed by atoms with E-state index in [4.69, 9.17) is 10.7 Å². The fourth-order valence-corrected chi connectivity index (χ4v) is 3.52. The summed E-state index contributed by atoms with van der Waals surface area (Å²) < 4.78 is 0. The molecule has 2 aliphatic rings. The van der Waals surface area contributed by atoms with Gasteiger partial charge in [0.05, 0.1) is 16.9 Å². The number of anilines is 2. The Morgan fingerprint density at radius 1 is 1.04 bits per heavy atom. The fraction of sp³-hybridized carbons (Fsp3) is 0.316. The third kappa shape index (κ3) is 2.71. The van der Waals surface area contributed by atoms with E-state index in [1.807, 2.05) is 24.3 Å². The number of para-hydroxylation sites is 3. The van der Waals surface area contributed by atoms with Crippen molar-refractivity contribution in [2.75, 3.05) is 24.1 Å². The first-order valence-electron chi connectivity index (χ1n) is 8.51. The number of benzene rings is 2. The van der Waals surface area contributed by atoms with Crippen molar-refractivity contribution < 1.29 is 0 Å². The van der Waals surface area contributed by atoms with Crippen LogP contribution in [0.1, 0.15) is 18.4 Å². The summed E-state index contributed by atoms with van der Waals surface area (Å²) in [6.07, 6.45) is 2.02. The van der Waals surface area contributed by atoms with E-state index < -0.39 is 0 Å². The minimum atomic E-state index is -0.122. The van der Waals surface area contributed by atoms with Crippen LogP contribution < -0.4 is 21.7 Å². The minimum Gasteiger partial charge on any atom is -0.398 e. The Hall–Kier alpha value is -2.53. The van der Waals surface area contributed by atoms with Gasteiger partial charge in [-0.1, -0.05) is 30.3 Å². The topological polar surface area (TPSA) is 74.5 Å². The first kappa shape index (κ1) is 15.0. The Morgan fingerprint density at radius 2 is 1.79 bits per heavy atom. The molecule has 124 valence electrons. The van der Waals surface area contributed by atoms with Crippen molar-refractivity contribution in [1.29, 1.82) is 0 Å². The quantitative estimate of drug-likeness (QED) is 0.642. The molecule has 1 saturated heterocycles. The molecule has 2 aliphatic heterocycles. The maximum atomic E-state index is 6.08. The molecule has 5 nitrogen and oxygen atoms in total. The molecule has 5 N–H and O–H groups in total. The second-order valence-electron chi connectivity index (χ2n) is 6.49. The monoisotopic (exact) mass is 321 g/mol. The molecule has 2 aromatic rings. The van der Waals surface area contributed by atoms with Gasteiger partial charge < -0.3 is 21.7 Å². The highest BCUT2D eigenvalue weighted by Gasteiger charge is 2.40. The van der Waals surface area contributed by atoms with Gasteiger partial charge in [0.2, 0.25) is 0 Å². The summed E-state index contributed by atoms with van der Waals surface area (Å²) in [4.78, 5) is 4.94. The van der Waals surface area contributed by atoms with Crippen LogP contribution in [-0.4, -0.2) is 24.5 Å². The van der Waals surface area contributed by atoms with Gasteiger partial charge in [0.15, 0.2) is 0 Å². The molecule has 0 atom stereocenters. The number of rotatable bonds is 2. The predicted octanol–water partition coefficient (Wildman–Crippen LogP) is 2.64. The van der Waals surface area contributed by atoms with Crippen molar-refractivity contribution in [3.05, 3.63) is 54.1 Å². The van der Waals surface area contributed by atoms with Gasteiger partial charge in [-0.2, -0.15) is 0 Å². The van der Waals surface area contributed by atoms with Gasteiger partial charge in [-0.3, -0.25) is 0 Å². The van der Waals surface area contributed by atoms with Crippen LogP contribution in [0, 0.1) is 0 Å². The SMILES string of the molecule is Nc1ccccc1CNC1=Nc2ccccc2NC12CCNCC2. The molecule has 1 spiro atoms. The Kier molecular flexibility index (Phi) is 3.86. The standard InChI is InChI=1S/C19H23N5/c20-15-6-2-1-5-14(15)13-22-18-19(9-11-21-12-10-19)24-17-8-4-3-7-16(17)23-18/h1-8,21,24H,9-13,20H2,(H,22,23). The van der Waals surface area contributed by atoms with Crippen molar-refractivity contribution in [2.24, 2.45) is 4.99 Å². The largest absolute Gasteiger partial charge is 0.398 e. The number of hydrogen-bond donors (Lipinski definition) is 4. The number of hydrogen-bond acceptors (Lipinski definition) is 5. The van der Waals surface area contributed by atoms with E-state index in [0.29, 0.717) is 6.54 Å². The number of piperidine rings is 1. The zero-order chi connectivity index (χ0) is 16.4. The predicted molar refractivity (Wildman–Crippen MR) is 99.7 cm³/mol. The van der Waals surface area contributed by atoms with E-state index in [-0.39, 0.29) is 5.54 Å². The maximum Gasteiger partial charge on any atom is 0.128 e. The molecular formula is C19H23N5. The number of amidine groups is 1. The number of nitrogens with zero attached hydrogens (tertiary/aromatic N) is 1. The first-order valence-corrected chi connectivity index (χ1v) is 8.51. The van der Waals surface area contributed by atoms with Crippen LogP contribution in [0.3, 0.4) is 0 Å². The first-order chi connectivity index (χ1) is 11.8. The van der Waals surface area contributed by atoms with E-state index in [2.05, 4.69) is 40.2 Å². The summed E-state index contributed by atoms with van der Waals surface area (Å²) in [7, 11) is 0. The number of fused-ring (bicyclic) bond motifs is 1. The van der Waals surface area contributed by atoms with Gasteiger partial charge in [0.25, 0.3) is 0 Å². The third-order valence-electron chi connectivity index (χ3n) is 4.92. The fourth-order valence-electron chi connectivity index (χ4n) is 3.52. The summed E-state index contributed by atoms with van der Waals surface area (Å²) in [5.74, 6) is 1.02. The number of nitrogens with two attached hydrogens (primary N) is 1. The van der Waals surface area contributed by atoms with Crippen LogP contribution in [0.2, 0.25) is 0 Å². The molecule has 4 rings (SSSR count). The molecule has 24 heavy (non-hydrogen) atoms. The molecule has 0 amide bonds. The molecule has 0 unspecified atom stereocenters. The van der Waals surface area contributed by atoms with Crippen LogP contribution in [0.15, 0.2) is 53.5 Å². The van der Waals surface area contributed by atoms with Crippen LogP contribution in [0.25, 0.3) is 0 Å². The van der Waals surface area contributed by atoms with Gasteiger partial charge in [-0.05, 0) is 49.7 Å². The van der Waals surface area contributed by atoms with E-state index in [1.165, 1.54) is 0 Å². The second kappa shape index (κ2) is 6.17. The second-order valence-corrected chi connectivity index (χ2v) is 6.49. The summed E-state index contributed by atoms with van der Waals surface area (Å²) >= 11 is 0. The summed E-state index contributed by atoms with van der Waals surface area (Å²) in [5, 5.41) is 10.7. The molecular weight excluding hydrogens is 298 g/mol. The molecule has 5 heteroatoms. The van der Waals surface area contributed by atoms with Crippen LogP contribution in [0.4, 0.5) is 17.1 Å². The Bertz CT molecular complexity index is 762.